The normalized spacial score (nSPS) is 20.7. The first kappa shape index (κ1) is 63.1. The number of amides is 1. The second-order valence-electron chi connectivity index (χ2n) is 20.4. The van der Waals surface area contributed by atoms with Crippen LogP contribution >= 0.6 is 0 Å². The topological polar surface area (TPSA) is 189 Å². The van der Waals surface area contributed by atoms with Crippen LogP contribution in [-0.4, -0.2) is 110 Å². The van der Waals surface area contributed by atoms with Gasteiger partial charge in [0, 0.05) is 0 Å². The van der Waals surface area contributed by atoms with Crippen LogP contribution in [-0.2, 0) is 14.3 Å². The molecule has 66 heavy (non-hydrogen) atoms. The van der Waals surface area contributed by atoms with Gasteiger partial charge in [-0.15, -0.1) is 0 Å². The minimum atomic E-state index is -1.66. The van der Waals surface area contributed by atoms with Gasteiger partial charge in [-0.05, 0) is 12.8 Å². The van der Waals surface area contributed by atoms with E-state index in [0.29, 0.717) is 19.3 Å². The van der Waals surface area contributed by atoms with Gasteiger partial charge in [-0.1, -0.05) is 264 Å². The number of aliphatic hydroxyl groups is 7. The standard InChI is InChI=1S/C55H109NO10/c1-3-5-7-9-11-13-15-17-19-20-21-22-23-24-25-26-27-29-30-32-34-36-38-40-42-47(58)50(60)46(45-65-55-53(63)52(62)51(61)49(44-57)66-55)56-54(64)48(59)43-41-39-37-35-33-31-28-18-16-14-12-10-8-6-4-2/h46-53,55,57-63H,3-45H2,1-2H3,(H,56,64). The fourth-order valence-electron chi connectivity index (χ4n) is 9.50. The van der Waals surface area contributed by atoms with Crippen molar-refractivity contribution in [3.05, 3.63) is 0 Å². The maximum Gasteiger partial charge on any atom is 0.249 e. The summed E-state index contributed by atoms with van der Waals surface area (Å²) in [6, 6.07) is -1.16. The number of rotatable bonds is 49. The highest BCUT2D eigenvalue weighted by molar-refractivity contribution is 5.80. The average molecular weight is 944 g/mol. The van der Waals surface area contributed by atoms with Gasteiger partial charge < -0.3 is 50.5 Å². The fourth-order valence-corrected chi connectivity index (χ4v) is 9.50. The summed E-state index contributed by atoms with van der Waals surface area (Å²) in [5, 5.41) is 76.1. The van der Waals surface area contributed by atoms with E-state index < -0.39 is 74.2 Å². The van der Waals surface area contributed by atoms with E-state index in [4.69, 9.17) is 9.47 Å². The Hall–Kier alpha value is -0.890. The molecule has 394 valence electrons. The maximum atomic E-state index is 13.1. The lowest BCUT2D eigenvalue weighted by molar-refractivity contribution is -0.303. The molecule has 0 aromatic heterocycles. The van der Waals surface area contributed by atoms with Gasteiger partial charge in [0.15, 0.2) is 6.29 Å². The van der Waals surface area contributed by atoms with Gasteiger partial charge in [0.05, 0.1) is 25.4 Å². The minimum Gasteiger partial charge on any atom is -0.394 e. The highest BCUT2D eigenvalue weighted by atomic mass is 16.7. The molecule has 1 heterocycles. The number of aliphatic hydroxyl groups excluding tert-OH is 7. The van der Waals surface area contributed by atoms with Crippen molar-refractivity contribution >= 4 is 5.91 Å². The van der Waals surface area contributed by atoms with E-state index in [1.807, 2.05) is 0 Å². The van der Waals surface area contributed by atoms with Gasteiger partial charge in [-0.3, -0.25) is 4.79 Å². The van der Waals surface area contributed by atoms with Crippen LogP contribution in [0.15, 0.2) is 0 Å². The largest absolute Gasteiger partial charge is 0.394 e. The van der Waals surface area contributed by atoms with Gasteiger partial charge in [0.1, 0.15) is 36.6 Å². The van der Waals surface area contributed by atoms with Gasteiger partial charge in [-0.25, -0.2) is 0 Å². The van der Waals surface area contributed by atoms with E-state index in [9.17, 15) is 40.5 Å². The molecule has 0 saturated carbocycles. The zero-order chi connectivity index (χ0) is 48.3. The number of nitrogens with one attached hydrogen (secondary N) is 1. The third kappa shape index (κ3) is 33.6. The molecule has 9 unspecified atom stereocenters. The molecule has 9 atom stereocenters. The molecule has 0 aromatic rings. The van der Waals surface area contributed by atoms with Crippen molar-refractivity contribution in [1.29, 1.82) is 0 Å². The van der Waals surface area contributed by atoms with Gasteiger partial charge >= 0.3 is 0 Å². The summed E-state index contributed by atoms with van der Waals surface area (Å²) < 4.78 is 11.1. The van der Waals surface area contributed by atoms with Crippen LogP contribution in [0.25, 0.3) is 0 Å². The Kier molecular flexibility index (Phi) is 43.3. The second-order valence-corrected chi connectivity index (χ2v) is 20.4. The van der Waals surface area contributed by atoms with Gasteiger partial charge in [0.2, 0.25) is 5.91 Å². The van der Waals surface area contributed by atoms with Gasteiger partial charge in [0.25, 0.3) is 0 Å². The van der Waals surface area contributed by atoms with Crippen molar-refractivity contribution in [1.82, 2.24) is 5.32 Å². The lowest BCUT2D eigenvalue weighted by Crippen LogP contribution is -2.60. The van der Waals surface area contributed by atoms with Crippen LogP contribution in [0.4, 0.5) is 0 Å². The predicted molar refractivity (Wildman–Crippen MR) is 270 cm³/mol. The fraction of sp³-hybridized carbons (Fsp3) is 0.982. The smallest absolute Gasteiger partial charge is 0.249 e. The zero-order valence-corrected chi connectivity index (χ0v) is 43.0. The molecule has 0 aromatic carbocycles. The Morgan fingerprint density at radius 1 is 0.470 bits per heavy atom. The number of unbranched alkanes of at least 4 members (excludes halogenated alkanes) is 37. The molecule has 0 radical (unpaired) electrons. The lowest BCUT2D eigenvalue weighted by atomic mass is 9.98. The summed E-state index contributed by atoms with van der Waals surface area (Å²) in [6.45, 7) is 3.49. The molecule has 1 aliphatic heterocycles. The first-order valence-corrected chi connectivity index (χ1v) is 28.4. The van der Waals surface area contributed by atoms with Crippen molar-refractivity contribution in [2.24, 2.45) is 0 Å². The molecular formula is C55H109NO10. The maximum absolute atomic E-state index is 13.1. The van der Waals surface area contributed by atoms with Crippen LogP contribution in [0.5, 0.6) is 0 Å². The summed E-state index contributed by atoms with van der Waals surface area (Å²) in [6.07, 6.45) is 38.7. The van der Waals surface area contributed by atoms with E-state index in [1.165, 1.54) is 199 Å². The summed E-state index contributed by atoms with van der Waals surface area (Å²) in [4.78, 5) is 13.1. The first-order valence-electron chi connectivity index (χ1n) is 28.4. The predicted octanol–water partition coefficient (Wildman–Crippen LogP) is 11.4. The van der Waals surface area contributed by atoms with E-state index >= 15 is 0 Å². The molecule has 1 aliphatic rings. The second kappa shape index (κ2) is 45.3. The Labute approximate surface area is 405 Å². The van der Waals surface area contributed by atoms with Crippen LogP contribution in [0, 0.1) is 0 Å². The first-order chi connectivity index (χ1) is 32.2. The molecule has 8 N–H and O–H groups in total. The van der Waals surface area contributed by atoms with Crippen LogP contribution in [0.2, 0.25) is 0 Å². The Balaban J connectivity index is 2.29. The minimum absolute atomic E-state index is 0.266. The molecular weight excluding hydrogens is 835 g/mol. The molecule has 0 bridgehead atoms. The molecule has 11 nitrogen and oxygen atoms in total. The number of hydrogen-bond acceptors (Lipinski definition) is 10. The summed E-state index contributed by atoms with van der Waals surface area (Å²) in [5.74, 6) is -0.691. The van der Waals surface area contributed by atoms with Crippen LogP contribution < -0.4 is 5.32 Å². The third-order valence-electron chi connectivity index (χ3n) is 14.2. The Bertz CT molecular complexity index is 1040. The van der Waals surface area contributed by atoms with E-state index in [1.54, 1.807) is 0 Å². The number of hydrogen-bond donors (Lipinski definition) is 8. The summed E-state index contributed by atoms with van der Waals surface area (Å²) in [7, 11) is 0. The highest BCUT2D eigenvalue weighted by Crippen LogP contribution is 2.24. The summed E-state index contributed by atoms with van der Waals surface area (Å²) in [5.41, 5.74) is 0. The third-order valence-corrected chi connectivity index (χ3v) is 14.2. The zero-order valence-electron chi connectivity index (χ0n) is 43.0. The Morgan fingerprint density at radius 3 is 1.12 bits per heavy atom. The molecule has 11 heteroatoms. The van der Waals surface area contributed by atoms with Crippen molar-refractivity contribution in [2.45, 2.75) is 332 Å². The summed E-state index contributed by atoms with van der Waals surface area (Å²) >= 11 is 0. The van der Waals surface area contributed by atoms with Crippen molar-refractivity contribution in [2.75, 3.05) is 13.2 Å². The van der Waals surface area contributed by atoms with Gasteiger partial charge in [-0.2, -0.15) is 0 Å². The number of ether oxygens (including phenoxy) is 2. The average Bonchev–Trinajstić information content (AvgIpc) is 3.32. The monoisotopic (exact) mass is 944 g/mol. The van der Waals surface area contributed by atoms with Crippen molar-refractivity contribution in [3.63, 3.8) is 0 Å². The molecule has 0 spiro atoms. The molecule has 1 amide bonds. The highest BCUT2D eigenvalue weighted by Gasteiger charge is 2.44. The van der Waals surface area contributed by atoms with Crippen molar-refractivity contribution < 1.29 is 50.0 Å². The van der Waals surface area contributed by atoms with Crippen LogP contribution in [0.3, 0.4) is 0 Å². The van der Waals surface area contributed by atoms with E-state index in [0.717, 1.165) is 38.5 Å². The molecule has 1 rings (SSSR count). The molecule has 1 fully saturated rings. The number of carbonyl (C=O) groups is 1. The molecule has 0 aliphatic carbocycles. The number of carbonyl (C=O) groups excluding carboxylic acids is 1. The van der Waals surface area contributed by atoms with Crippen molar-refractivity contribution in [3.8, 4) is 0 Å². The van der Waals surface area contributed by atoms with Crippen LogP contribution in [0.1, 0.15) is 277 Å². The Morgan fingerprint density at radius 2 is 0.788 bits per heavy atom. The molecule has 1 saturated heterocycles. The van der Waals surface area contributed by atoms with E-state index in [-0.39, 0.29) is 6.42 Å². The SMILES string of the molecule is CCCCCCCCCCCCCCCCCCCCCCCCCCC(O)C(O)C(COC1OC(CO)C(O)C(O)C1O)NC(=O)C(O)CCCCCCCCCCCCCCCCC. The lowest BCUT2D eigenvalue weighted by Gasteiger charge is -2.40. The van der Waals surface area contributed by atoms with E-state index in [2.05, 4.69) is 19.2 Å². The quantitative estimate of drug-likeness (QED) is 0.0273.